The molecular weight excluding hydrogens is 1960 g/mol. The number of nitrogen functional groups attached to an aromatic ring is 1. The van der Waals surface area contributed by atoms with Crippen LogP contribution in [0, 0.1) is 17.8 Å². The molecule has 0 radical (unpaired) electrons. The van der Waals surface area contributed by atoms with E-state index in [9.17, 15) is 161 Å². The Kier molecular flexibility index (Phi) is 45.2. The molecule has 19 atom stereocenters. The summed E-state index contributed by atoms with van der Waals surface area (Å²) in [6, 6.07) is -7.37. The first kappa shape index (κ1) is 121. The number of nitrogens with two attached hydrogens (primary N) is 4. The van der Waals surface area contributed by atoms with Crippen LogP contribution < -0.4 is 92.1 Å². The van der Waals surface area contributed by atoms with Gasteiger partial charge in [-0.15, -0.1) is 0 Å². The number of Topliss-reactive ketones (excluding diaryl/α,β-unsaturated/α-hetero) is 3. The first-order chi connectivity index (χ1) is 69.2. The van der Waals surface area contributed by atoms with Crippen LogP contribution in [0.4, 0.5) is 5.69 Å². The smallest absolute Gasteiger partial charge is 0.329 e. The fraction of sp³-hybridized carbons (Fsp3) is 0.500. The van der Waals surface area contributed by atoms with Crippen LogP contribution >= 0.6 is 0 Å². The Balaban J connectivity index is 0.000000848. The Hall–Kier alpha value is -16.0. The van der Waals surface area contributed by atoms with E-state index in [4.69, 9.17) is 27.7 Å². The van der Waals surface area contributed by atoms with E-state index in [0.717, 1.165) is 52.9 Å². The second kappa shape index (κ2) is 55.4. The lowest BCUT2D eigenvalue weighted by molar-refractivity contribution is -0.162. The minimum Gasteiger partial charge on any atom is -0.510 e. The van der Waals surface area contributed by atoms with Crippen molar-refractivity contribution in [2.45, 2.75) is 240 Å². The van der Waals surface area contributed by atoms with E-state index < -0.39 is 337 Å². The number of anilines is 1. The number of benzene rings is 3. The fourth-order valence-electron chi connectivity index (χ4n) is 17.3. The van der Waals surface area contributed by atoms with Crippen LogP contribution in [0.15, 0.2) is 95.6 Å². The second-order valence-electron chi connectivity index (χ2n) is 36.0. The van der Waals surface area contributed by atoms with Gasteiger partial charge in [0.2, 0.25) is 88.5 Å². The number of aliphatic carboxylic acids is 4. The van der Waals surface area contributed by atoms with Crippen molar-refractivity contribution in [1.82, 2.24) is 79.0 Å². The minimum absolute atomic E-state index is 0. The number of rotatable bonds is 37. The summed E-state index contributed by atoms with van der Waals surface area (Å²) in [6.07, 6.45) is -3.92. The molecule has 148 heavy (non-hydrogen) atoms. The highest BCUT2D eigenvalue weighted by Crippen LogP contribution is 2.55. The highest BCUT2D eigenvalue weighted by Gasteiger charge is 2.67. The van der Waals surface area contributed by atoms with Crippen LogP contribution in [0.2, 0.25) is 0 Å². The highest BCUT2D eigenvalue weighted by molar-refractivity contribution is 6.25. The summed E-state index contributed by atoms with van der Waals surface area (Å²) in [7, 11) is 2.98. The van der Waals surface area contributed by atoms with Gasteiger partial charge in [0, 0.05) is 59.1 Å². The van der Waals surface area contributed by atoms with Crippen LogP contribution in [-0.2, 0) is 112 Å². The Morgan fingerprint density at radius 3 is 1.73 bits per heavy atom. The molecule has 1 fully saturated rings. The van der Waals surface area contributed by atoms with Crippen LogP contribution in [0.1, 0.15) is 175 Å². The second-order valence-corrected chi connectivity index (χ2v) is 36.0. The summed E-state index contributed by atoms with van der Waals surface area (Å²) in [5.41, 5.74) is 19.4. The normalized spacial score (nSPS) is 23.9. The molecule has 0 bridgehead atoms. The number of amides is 15. The third-order valence-electron chi connectivity index (χ3n) is 24.9. The first-order valence-electron chi connectivity index (χ1n) is 46.8. The minimum atomic E-state index is -2.89. The predicted octanol–water partition coefficient (Wildman–Crippen LogP) is -6.79. The lowest BCUT2D eigenvalue weighted by atomic mass is 9.55. The van der Waals surface area contributed by atoms with Crippen molar-refractivity contribution in [1.29, 1.82) is 0 Å². The number of H-pyrrole nitrogens is 1. The van der Waals surface area contributed by atoms with Gasteiger partial charge in [0.05, 0.1) is 75.4 Å². The number of esters is 1. The fourth-order valence-corrected chi connectivity index (χ4v) is 17.3. The molecule has 1 saturated heterocycles. The Morgan fingerprint density at radius 1 is 0.588 bits per heavy atom. The van der Waals surface area contributed by atoms with Gasteiger partial charge in [0.1, 0.15) is 95.4 Å². The van der Waals surface area contributed by atoms with E-state index >= 15 is 0 Å². The number of aromatic amines is 1. The van der Waals surface area contributed by atoms with E-state index in [1.807, 2.05) is 16.0 Å². The molecule has 4 aliphatic rings. The standard InChI is InChI=1S/C72H101N17O26.C22H24N2O8.H2O/c1-5-6-7-8-9-10-11-22-53(93)81-44(25-38-31-76-42-20-15-13-17-39(38)42)66(108)84-45(27-52(75)92)67(109)86-48(30-59(102)103)68(110)89-61-37(4)115-72(114)49(26-51(91)40-18-12-14-19-41(40)74)87-71(113)60(35(2)24-56(96)97)88-69(111)50(34-90)82-55(95)32-77-63(105)46(28-57(98)99)83-62(104)36(3)79-65(107)47(29-58(100)101)85-64(106)43(21-16-23-73)80-54(94)33-78-70(61)112;1-7-8-5-4-6-9(25)11(8)16(26)12-10(7)17(27)14-15(24(2)3)18(28)13(21(23)31)20(30)22(14,32)19(12)29;/h12-15,17-20,31,35-37,43-50,60-61,76,90H,5-11,16,21-30,32-34,73-74H2,1-4H3,(H2,75,92)(H,77,105)(H,78,112)(H,79,107)(H,80,94)(H,81,93)(H,82,95)(H,83,104)(H,84,108)(H,85,106)(H,86,109)(H,87,113)(H,88,111)(H,89,110)(H,96,97)(H,98,99)(H,100,101)(H,102,103);4-7,10,14-15,17,25,27-29,32H,1-3H3,(H2,23,31);1H2/t35-,36-,37-,43+,44+,45+,46+,47+,48+,49+,50-,60+,61+;7-,10+,14+,15-,17-,22-;/m10./s1. The lowest BCUT2D eigenvalue weighted by Crippen LogP contribution is -2.68. The maximum atomic E-state index is 14.8. The number of hydrogen-bond acceptors (Lipinski definition) is 33. The van der Waals surface area contributed by atoms with E-state index in [-0.39, 0.29) is 53.8 Å². The van der Waals surface area contributed by atoms with Crippen LogP contribution in [0.3, 0.4) is 0 Å². The van der Waals surface area contributed by atoms with Crippen molar-refractivity contribution in [2.75, 3.05) is 46.1 Å². The molecule has 1 aromatic heterocycles. The summed E-state index contributed by atoms with van der Waals surface area (Å²) in [6.45, 7) is 2.79. The lowest BCUT2D eigenvalue weighted by Gasteiger charge is -2.53. The third kappa shape index (κ3) is 32.0. The number of primary amides is 2. The van der Waals surface area contributed by atoms with Crippen molar-refractivity contribution >= 4 is 152 Å². The number of aromatic hydroxyl groups is 1. The Labute approximate surface area is 844 Å². The number of phenolic OH excluding ortho intramolecular Hbond substituents is 1. The SMILES string of the molecule is CCCCCCCCCC(=O)N[C@@H](Cc1c[nH]c2ccccc12)C(=O)N[C@@H](CC(N)=O)C(=O)N[C@@H](CC(=O)O)C(=O)N[C@@H]1C(=O)NCC(=O)N[C@@H](CCCN)C(=O)N[C@@H](CC(=O)O)C(=O)N[C@H](C)C(=O)N[C@@H](CC(=O)O)C(=O)NCC(=O)N[C@H](CO)C(=O)N[C@@H]([C@H](C)CC(=O)O)C(=O)N[C@@H](CC(=O)c2ccccc2N)C(=O)O[C@@H]1C.C[C@H]1c2cccc(O)c2C(=O)C2=C(O)[C@]3(O)C(=O)C(C(N)=O)=C(O)[C@@H](N(C)C)[C@@H]3[C@@H](O)[C@@H]21.O. The molecule has 54 nitrogen and oxygen atoms in total. The molecule has 34 N–H and O–H groups in total. The topological polar surface area (TPSA) is 915 Å². The average molecular weight is 2080 g/mol. The number of nitrogens with one attached hydrogen (secondary N) is 14. The summed E-state index contributed by atoms with van der Waals surface area (Å²) < 4.78 is 5.68. The number of para-hydroxylation sites is 2. The number of aliphatic hydroxyl groups is 5. The van der Waals surface area contributed by atoms with Crippen molar-refractivity contribution in [2.24, 2.45) is 35.0 Å². The van der Waals surface area contributed by atoms with Gasteiger partial charge >= 0.3 is 29.8 Å². The molecule has 8 rings (SSSR count). The van der Waals surface area contributed by atoms with E-state index in [1.165, 1.54) is 49.3 Å². The molecule has 15 amide bonds. The quantitative estimate of drug-likeness (QED) is 0.00656. The zero-order valence-corrected chi connectivity index (χ0v) is 81.7. The number of aromatic nitrogens is 1. The number of carbonyl (C=O) groups is 23. The molecule has 54 heteroatoms. The maximum Gasteiger partial charge on any atom is 0.329 e. The molecule has 0 saturated carbocycles. The van der Waals surface area contributed by atoms with Crippen molar-refractivity contribution in [3.05, 3.63) is 118 Å². The van der Waals surface area contributed by atoms with Gasteiger partial charge < -0.3 is 158 Å². The molecule has 3 aliphatic carbocycles. The number of aliphatic hydroxyl groups excluding tert-OH is 4. The number of unbranched alkanes of at least 4 members (excludes halogenated alkanes) is 6. The van der Waals surface area contributed by atoms with Crippen LogP contribution in [0.5, 0.6) is 5.75 Å². The monoisotopic (exact) mass is 2080 g/mol. The summed E-state index contributed by atoms with van der Waals surface area (Å²) in [5.74, 6) is -38.6. The maximum absolute atomic E-state index is 14.8. The van der Waals surface area contributed by atoms with Gasteiger partial charge in [-0.2, -0.15) is 0 Å². The predicted molar refractivity (Wildman–Crippen MR) is 514 cm³/mol. The number of cyclic esters (lactones) is 1. The summed E-state index contributed by atoms with van der Waals surface area (Å²) in [5, 5.41) is 134. The van der Waals surface area contributed by atoms with Crippen LogP contribution in [0.25, 0.3) is 10.9 Å². The molecule has 0 spiro atoms. The summed E-state index contributed by atoms with van der Waals surface area (Å²) >= 11 is 0. The molecule has 1 aliphatic heterocycles. The number of ether oxygens (including phenoxy) is 1. The zero-order valence-electron chi connectivity index (χ0n) is 81.7. The van der Waals surface area contributed by atoms with E-state index in [2.05, 4.69) is 65.1 Å². The van der Waals surface area contributed by atoms with Gasteiger partial charge in [0.15, 0.2) is 17.2 Å². The number of hydrogen-bond donors (Lipinski definition) is 28. The number of phenols is 1. The number of carboxylic acids is 4. The number of carboxylic acid groups (broad SMARTS) is 4. The van der Waals surface area contributed by atoms with Gasteiger partial charge in [-0.25, -0.2) is 4.79 Å². The van der Waals surface area contributed by atoms with Crippen LogP contribution in [-0.4, -0.2) is 333 Å². The third-order valence-corrected chi connectivity index (χ3v) is 24.9. The number of ketones is 3. The van der Waals surface area contributed by atoms with Gasteiger partial charge in [-0.1, -0.05) is 102 Å². The van der Waals surface area contributed by atoms with E-state index in [0.29, 0.717) is 34.9 Å². The molecule has 3 aromatic carbocycles. The number of carbonyl (C=O) groups excluding carboxylic acids is 19. The number of fused-ring (bicyclic) bond motifs is 4. The van der Waals surface area contributed by atoms with E-state index in [1.54, 1.807) is 49.5 Å². The molecule has 0 unspecified atom stereocenters. The molecule has 808 valence electrons. The van der Waals surface area contributed by atoms with Crippen molar-refractivity contribution < 1.29 is 172 Å². The number of nitrogens with zero attached hydrogens (tertiary/aromatic N) is 1. The summed E-state index contributed by atoms with van der Waals surface area (Å²) in [4.78, 5) is 316. The van der Waals surface area contributed by atoms with Gasteiger partial charge in [-0.05, 0) is 101 Å². The Bertz CT molecular complexity index is 5740. The molecule has 2 heterocycles. The van der Waals surface area contributed by atoms with Gasteiger partial charge in [-0.3, -0.25) is 110 Å². The molecule has 4 aromatic rings. The number of likely N-dealkylation sites (N-methyl/N-ethyl adjacent to an activating group) is 1. The zero-order chi connectivity index (χ0) is 110. The molecular formula is C94H127N19O35. The van der Waals surface area contributed by atoms with Gasteiger partial charge in [0.25, 0.3) is 5.91 Å². The highest BCUT2D eigenvalue weighted by atomic mass is 16.5. The van der Waals surface area contributed by atoms with Crippen molar-refractivity contribution in [3.8, 4) is 5.75 Å². The van der Waals surface area contributed by atoms with Crippen molar-refractivity contribution in [3.63, 3.8) is 0 Å². The average Bonchev–Trinajstić information content (AvgIpc) is 0.718. The largest absolute Gasteiger partial charge is 0.510 e. The Morgan fingerprint density at radius 2 is 1.14 bits per heavy atom. The first-order valence-corrected chi connectivity index (χ1v) is 46.8.